The molecule has 3 rings (SSSR count). The van der Waals surface area contributed by atoms with E-state index in [4.69, 9.17) is 0 Å². The van der Waals surface area contributed by atoms with Crippen molar-refractivity contribution in [1.29, 1.82) is 0 Å². The van der Waals surface area contributed by atoms with Crippen molar-refractivity contribution in [3.63, 3.8) is 0 Å². The number of benzene rings is 1. The van der Waals surface area contributed by atoms with E-state index < -0.39 is 11.7 Å². The van der Waals surface area contributed by atoms with E-state index in [-0.39, 0.29) is 5.91 Å². The Labute approximate surface area is 181 Å². The van der Waals surface area contributed by atoms with E-state index >= 15 is 0 Å². The van der Waals surface area contributed by atoms with Crippen LogP contribution in [0.1, 0.15) is 30.0 Å². The molecule has 8 heteroatoms. The van der Waals surface area contributed by atoms with Gasteiger partial charge in [-0.05, 0) is 36.1 Å². The number of amides is 1. The van der Waals surface area contributed by atoms with E-state index in [0.29, 0.717) is 38.5 Å². The molecule has 1 aliphatic rings. The standard InChI is InChI=1S/C23H29F3N4O/c1-3-18-5-7-19(8-6-18)16-28(2)22(31)17-29-11-4-12-30(14-13-29)21-10-9-20(15-27-21)23(24,25)26/h5-10,15H,3-4,11-14,16-17H2,1-2H3. The van der Waals surface area contributed by atoms with E-state index in [1.807, 2.05) is 11.9 Å². The van der Waals surface area contributed by atoms with Crippen molar-refractivity contribution < 1.29 is 18.0 Å². The third-order valence-electron chi connectivity index (χ3n) is 5.62. The number of carbonyl (C=O) groups excluding carboxylic acids is 1. The predicted octanol–water partition coefficient (Wildman–Crippen LogP) is 3.83. The number of halogens is 3. The second-order valence-corrected chi connectivity index (χ2v) is 7.94. The van der Waals surface area contributed by atoms with Crippen molar-refractivity contribution in [3.8, 4) is 0 Å². The molecule has 1 amide bonds. The summed E-state index contributed by atoms with van der Waals surface area (Å²) in [5.41, 5.74) is 1.63. The second-order valence-electron chi connectivity index (χ2n) is 7.94. The number of pyridine rings is 1. The summed E-state index contributed by atoms with van der Waals surface area (Å²) in [6.07, 6.45) is -1.70. The van der Waals surface area contributed by atoms with Gasteiger partial charge in [0.15, 0.2) is 0 Å². The monoisotopic (exact) mass is 434 g/mol. The van der Waals surface area contributed by atoms with Crippen LogP contribution in [-0.2, 0) is 23.9 Å². The molecule has 5 nitrogen and oxygen atoms in total. The Balaban J connectivity index is 1.51. The average molecular weight is 435 g/mol. The first-order chi connectivity index (χ1) is 14.8. The van der Waals surface area contributed by atoms with Crippen LogP contribution in [0.4, 0.5) is 19.0 Å². The summed E-state index contributed by atoms with van der Waals surface area (Å²) in [7, 11) is 1.81. The van der Waals surface area contributed by atoms with Gasteiger partial charge in [-0.15, -0.1) is 0 Å². The number of anilines is 1. The molecule has 1 saturated heterocycles. The maximum Gasteiger partial charge on any atom is 0.417 e. The first-order valence-corrected chi connectivity index (χ1v) is 10.6. The molecule has 0 unspecified atom stereocenters. The number of nitrogens with zero attached hydrogens (tertiary/aromatic N) is 4. The predicted molar refractivity (Wildman–Crippen MR) is 115 cm³/mol. The van der Waals surface area contributed by atoms with Gasteiger partial charge in [0, 0.05) is 46.0 Å². The van der Waals surface area contributed by atoms with Crippen molar-refractivity contribution in [2.75, 3.05) is 44.7 Å². The summed E-state index contributed by atoms with van der Waals surface area (Å²) < 4.78 is 38.2. The van der Waals surface area contributed by atoms with Crippen LogP contribution in [0.25, 0.3) is 0 Å². The van der Waals surface area contributed by atoms with Crippen molar-refractivity contribution >= 4 is 11.7 Å². The Bertz CT molecular complexity index is 853. The number of aryl methyl sites for hydroxylation is 1. The summed E-state index contributed by atoms with van der Waals surface area (Å²) in [6.45, 7) is 5.75. The SMILES string of the molecule is CCc1ccc(CN(C)C(=O)CN2CCCN(c3ccc(C(F)(F)F)cn3)CC2)cc1. The van der Waals surface area contributed by atoms with E-state index in [9.17, 15) is 18.0 Å². The fourth-order valence-corrected chi connectivity index (χ4v) is 3.65. The highest BCUT2D eigenvalue weighted by molar-refractivity contribution is 5.78. The lowest BCUT2D eigenvalue weighted by Crippen LogP contribution is -2.40. The van der Waals surface area contributed by atoms with Crippen LogP contribution in [0.2, 0.25) is 0 Å². The van der Waals surface area contributed by atoms with Crippen LogP contribution in [-0.4, -0.2) is 60.5 Å². The van der Waals surface area contributed by atoms with Gasteiger partial charge in [-0.1, -0.05) is 31.2 Å². The minimum atomic E-state index is -4.38. The highest BCUT2D eigenvalue weighted by Crippen LogP contribution is 2.29. The number of likely N-dealkylation sites (N-methyl/N-ethyl adjacent to an activating group) is 1. The van der Waals surface area contributed by atoms with Crippen molar-refractivity contribution in [2.24, 2.45) is 0 Å². The number of rotatable bonds is 6. The van der Waals surface area contributed by atoms with Crippen LogP contribution in [0, 0.1) is 0 Å². The zero-order valence-electron chi connectivity index (χ0n) is 18.0. The molecule has 2 aromatic rings. The van der Waals surface area contributed by atoms with Gasteiger partial charge in [-0.3, -0.25) is 9.69 Å². The molecule has 1 aromatic heterocycles. The second kappa shape index (κ2) is 10.1. The zero-order chi connectivity index (χ0) is 22.4. The Morgan fingerprint density at radius 1 is 1.03 bits per heavy atom. The smallest absolute Gasteiger partial charge is 0.355 e. The molecule has 0 aliphatic carbocycles. The largest absolute Gasteiger partial charge is 0.417 e. The lowest BCUT2D eigenvalue weighted by atomic mass is 10.1. The molecule has 0 atom stereocenters. The van der Waals surface area contributed by atoms with Gasteiger partial charge in [0.2, 0.25) is 5.91 Å². The Morgan fingerprint density at radius 2 is 1.74 bits per heavy atom. The highest BCUT2D eigenvalue weighted by atomic mass is 19.4. The molecule has 0 spiro atoms. The molecule has 1 aromatic carbocycles. The molecule has 2 heterocycles. The summed E-state index contributed by atoms with van der Waals surface area (Å²) in [5.74, 6) is 0.592. The third-order valence-corrected chi connectivity index (χ3v) is 5.62. The maximum absolute atomic E-state index is 12.7. The molecular weight excluding hydrogens is 405 g/mol. The van der Waals surface area contributed by atoms with Crippen molar-refractivity contribution in [1.82, 2.24) is 14.8 Å². The minimum absolute atomic E-state index is 0.0562. The molecule has 31 heavy (non-hydrogen) atoms. The molecule has 168 valence electrons. The van der Waals surface area contributed by atoms with Gasteiger partial charge in [0.05, 0.1) is 12.1 Å². The van der Waals surface area contributed by atoms with Crippen molar-refractivity contribution in [3.05, 3.63) is 59.3 Å². The summed E-state index contributed by atoms with van der Waals surface area (Å²) in [6, 6.07) is 10.8. The highest BCUT2D eigenvalue weighted by Gasteiger charge is 2.31. The van der Waals surface area contributed by atoms with E-state index in [2.05, 4.69) is 41.1 Å². The number of alkyl halides is 3. The average Bonchev–Trinajstić information content (AvgIpc) is 2.99. The van der Waals surface area contributed by atoms with Crippen LogP contribution >= 0.6 is 0 Å². The Hall–Kier alpha value is -2.61. The lowest BCUT2D eigenvalue weighted by Gasteiger charge is -2.25. The zero-order valence-corrected chi connectivity index (χ0v) is 18.0. The number of hydrogen-bond acceptors (Lipinski definition) is 4. The minimum Gasteiger partial charge on any atom is -0.355 e. The molecule has 0 bridgehead atoms. The molecule has 0 radical (unpaired) electrons. The van der Waals surface area contributed by atoms with Gasteiger partial charge in [-0.2, -0.15) is 13.2 Å². The van der Waals surface area contributed by atoms with Crippen LogP contribution < -0.4 is 4.90 Å². The quantitative estimate of drug-likeness (QED) is 0.693. The molecule has 1 aliphatic heterocycles. The van der Waals surface area contributed by atoms with Crippen LogP contribution in [0.5, 0.6) is 0 Å². The van der Waals surface area contributed by atoms with Gasteiger partial charge in [0.1, 0.15) is 5.82 Å². The molecule has 0 N–H and O–H groups in total. The first kappa shape index (κ1) is 23.1. The Morgan fingerprint density at radius 3 is 2.35 bits per heavy atom. The van der Waals surface area contributed by atoms with Gasteiger partial charge in [-0.25, -0.2) is 4.98 Å². The summed E-state index contributed by atoms with van der Waals surface area (Å²) in [5, 5.41) is 0. The number of carbonyl (C=O) groups is 1. The molecule has 0 saturated carbocycles. The fourth-order valence-electron chi connectivity index (χ4n) is 3.65. The van der Waals surface area contributed by atoms with Crippen molar-refractivity contribution in [2.45, 2.75) is 32.5 Å². The third kappa shape index (κ3) is 6.43. The summed E-state index contributed by atoms with van der Waals surface area (Å²) in [4.78, 5) is 22.5. The van der Waals surface area contributed by atoms with E-state index in [1.54, 1.807) is 4.90 Å². The van der Waals surface area contributed by atoms with E-state index in [0.717, 1.165) is 37.2 Å². The molecule has 1 fully saturated rings. The maximum atomic E-state index is 12.7. The first-order valence-electron chi connectivity index (χ1n) is 10.6. The fraction of sp³-hybridized carbons (Fsp3) is 0.478. The van der Waals surface area contributed by atoms with Crippen LogP contribution in [0.3, 0.4) is 0 Å². The number of hydrogen-bond donors (Lipinski definition) is 0. The lowest BCUT2D eigenvalue weighted by molar-refractivity contribution is -0.137. The van der Waals surface area contributed by atoms with Gasteiger partial charge in [0.25, 0.3) is 0 Å². The molecular formula is C23H29F3N4O. The Kier molecular flexibility index (Phi) is 7.54. The van der Waals surface area contributed by atoms with Gasteiger partial charge < -0.3 is 9.80 Å². The van der Waals surface area contributed by atoms with Crippen LogP contribution in [0.15, 0.2) is 42.6 Å². The normalized spacial score (nSPS) is 15.6. The number of aromatic nitrogens is 1. The topological polar surface area (TPSA) is 39.7 Å². The summed E-state index contributed by atoms with van der Waals surface area (Å²) >= 11 is 0. The van der Waals surface area contributed by atoms with Gasteiger partial charge >= 0.3 is 6.18 Å². The van der Waals surface area contributed by atoms with E-state index in [1.165, 1.54) is 11.6 Å².